The number of carbonyl (C=O) groups is 1. The molecule has 29 heavy (non-hydrogen) atoms. The van der Waals surface area contributed by atoms with Crippen molar-refractivity contribution in [3.63, 3.8) is 0 Å². The summed E-state index contributed by atoms with van der Waals surface area (Å²) >= 11 is 0. The van der Waals surface area contributed by atoms with Gasteiger partial charge in [0.25, 0.3) is 0 Å². The molecule has 1 saturated heterocycles. The molecule has 1 aliphatic heterocycles. The van der Waals surface area contributed by atoms with E-state index in [4.69, 9.17) is 9.47 Å². The molecule has 1 aromatic carbocycles. The Balaban J connectivity index is 0.00000210. The number of aromatic nitrogens is 1. The van der Waals surface area contributed by atoms with Gasteiger partial charge in [-0.25, -0.2) is 0 Å². The Hall–Kier alpha value is -2.02. The van der Waals surface area contributed by atoms with Gasteiger partial charge in [0.2, 0.25) is 5.91 Å². The van der Waals surface area contributed by atoms with E-state index in [1.807, 2.05) is 30.3 Å². The van der Waals surface area contributed by atoms with Crippen molar-refractivity contribution >= 4 is 36.4 Å². The molecule has 0 bridgehead atoms. The Morgan fingerprint density at radius 2 is 1.86 bits per heavy atom. The van der Waals surface area contributed by atoms with E-state index in [1.54, 1.807) is 19.5 Å². The molecule has 0 unspecified atom stereocenters. The maximum absolute atomic E-state index is 12.3. The van der Waals surface area contributed by atoms with Gasteiger partial charge in [0, 0.05) is 30.6 Å². The molecule has 0 radical (unpaired) electrons. The number of rotatable bonds is 8. The van der Waals surface area contributed by atoms with Gasteiger partial charge in [0.1, 0.15) is 6.61 Å². The molecular formula is C21H29Cl2N3O3. The number of carbonyl (C=O) groups excluding carboxylic acids is 1. The summed E-state index contributed by atoms with van der Waals surface area (Å²) in [5.74, 6) is 1.92. The molecule has 1 amide bonds. The highest BCUT2D eigenvalue weighted by Crippen LogP contribution is 2.31. The van der Waals surface area contributed by atoms with E-state index in [-0.39, 0.29) is 30.7 Å². The minimum Gasteiger partial charge on any atom is -0.493 e. The molecular weight excluding hydrogens is 413 g/mol. The number of methoxy groups -OCH3 is 1. The van der Waals surface area contributed by atoms with Crippen LogP contribution in [0.4, 0.5) is 5.69 Å². The van der Waals surface area contributed by atoms with Crippen molar-refractivity contribution in [3.05, 3.63) is 48.3 Å². The first-order valence-electron chi connectivity index (χ1n) is 9.45. The van der Waals surface area contributed by atoms with Crippen molar-refractivity contribution in [1.82, 2.24) is 10.3 Å². The fraction of sp³-hybridized carbons (Fsp3) is 0.429. The van der Waals surface area contributed by atoms with E-state index in [2.05, 4.69) is 15.6 Å². The number of piperidine rings is 1. The highest BCUT2D eigenvalue weighted by molar-refractivity contribution is 5.91. The van der Waals surface area contributed by atoms with Crippen LogP contribution in [0.15, 0.2) is 42.7 Å². The summed E-state index contributed by atoms with van der Waals surface area (Å²) in [6.45, 7) is 2.53. The van der Waals surface area contributed by atoms with Crippen LogP contribution in [0.5, 0.6) is 11.5 Å². The molecule has 1 aromatic heterocycles. The van der Waals surface area contributed by atoms with Crippen LogP contribution in [0.2, 0.25) is 0 Å². The van der Waals surface area contributed by atoms with E-state index in [0.29, 0.717) is 30.4 Å². The second-order valence-corrected chi connectivity index (χ2v) is 6.79. The first kappa shape index (κ1) is 25.0. The number of hydrogen-bond acceptors (Lipinski definition) is 5. The van der Waals surface area contributed by atoms with Crippen LogP contribution in [0.25, 0.3) is 0 Å². The fourth-order valence-corrected chi connectivity index (χ4v) is 3.24. The Bertz CT molecular complexity index is 741. The predicted octanol–water partition coefficient (Wildman–Crippen LogP) is 4.23. The number of hydrogen-bond donors (Lipinski definition) is 2. The Labute approximate surface area is 184 Å². The van der Waals surface area contributed by atoms with E-state index in [0.717, 1.165) is 43.6 Å². The summed E-state index contributed by atoms with van der Waals surface area (Å²) in [7, 11) is 1.60. The Morgan fingerprint density at radius 3 is 2.55 bits per heavy atom. The topological polar surface area (TPSA) is 72.5 Å². The number of halogens is 2. The molecule has 6 nitrogen and oxygen atoms in total. The maximum atomic E-state index is 12.3. The number of anilines is 1. The first-order chi connectivity index (χ1) is 13.2. The van der Waals surface area contributed by atoms with Gasteiger partial charge in [0.05, 0.1) is 7.11 Å². The third kappa shape index (κ3) is 8.09. The lowest BCUT2D eigenvalue weighted by Gasteiger charge is -2.22. The third-order valence-corrected chi connectivity index (χ3v) is 4.83. The third-order valence-electron chi connectivity index (χ3n) is 4.83. The maximum Gasteiger partial charge on any atom is 0.224 e. The van der Waals surface area contributed by atoms with Crippen LogP contribution in [0, 0.1) is 5.92 Å². The van der Waals surface area contributed by atoms with Gasteiger partial charge in [-0.2, -0.15) is 0 Å². The fourth-order valence-electron chi connectivity index (χ4n) is 3.24. The van der Waals surface area contributed by atoms with E-state index >= 15 is 0 Å². The normalized spacial score (nSPS) is 13.6. The zero-order valence-electron chi connectivity index (χ0n) is 16.6. The van der Waals surface area contributed by atoms with Crippen molar-refractivity contribution in [3.8, 4) is 11.5 Å². The highest BCUT2D eigenvalue weighted by Gasteiger charge is 2.15. The van der Waals surface area contributed by atoms with Crippen molar-refractivity contribution in [2.45, 2.75) is 32.3 Å². The minimum atomic E-state index is 0. The standard InChI is InChI=1S/C21H27N3O3.2ClH/c1-26-19-4-3-18(14-20(19)27-15-17-8-12-23-13-9-17)24-21(25)5-2-16-6-10-22-11-7-16;;/h3-4,8-9,12-14,16,22H,2,5-7,10-11,15H2,1H3,(H,24,25);2*1H. The summed E-state index contributed by atoms with van der Waals surface area (Å²) in [5.41, 5.74) is 1.74. The summed E-state index contributed by atoms with van der Waals surface area (Å²) in [5, 5.41) is 6.32. The second kappa shape index (κ2) is 13.2. The Kier molecular flexibility index (Phi) is 11.4. The van der Waals surface area contributed by atoms with Gasteiger partial charge in [0.15, 0.2) is 11.5 Å². The molecule has 2 N–H and O–H groups in total. The number of amides is 1. The summed E-state index contributed by atoms with van der Waals surface area (Å²) in [4.78, 5) is 16.3. The van der Waals surface area contributed by atoms with Crippen molar-refractivity contribution in [2.24, 2.45) is 5.92 Å². The van der Waals surface area contributed by atoms with Gasteiger partial charge >= 0.3 is 0 Å². The molecule has 3 rings (SSSR count). The lowest BCUT2D eigenvalue weighted by molar-refractivity contribution is -0.116. The van der Waals surface area contributed by atoms with Crippen LogP contribution < -0.4 is 20.1 Å². The number of ether oxygens (including phenoxy) is 2. The predicted molar refractivity (Wildman–Crippen MR) is 120 cm³/mol. The number of pyridine rings is 1. The van der Waals surface area contributed by atoms with Crippen LogP contribution in [0.3, 0.4) is 0 Å². The van der Waals surface area contributed by atoms with Crippen molar-refractivity contribution in [1.29, 1.82) is 0 Å². The van der Waals surface area contributed by atoms with E-state index in [1.165, 1.54) is 0 Å². The molecule has 0 aliphatic carbocycles. The number of benzene rings is 1. The van der Waals surface area contributed by atoms with Crippen LogP contribution >= 0.6 is 24.8 Å². The van der Waals surface area contributed by atoms with Gasteiger partial charge in [-0.05, 0) is 68.1 Å². The molecule has 0 saturated carbocycles. The van der Waals surface area contributed by atoms with Gasteiger partial charge in [-0.3, -0.25) is 9.78 Å². The summed E-state index contributed by atoms with van der Waals surface area (Å²) in [6.07, 6.45) is 7.26. The van der Waals surface area contributed by atoms with Crippen LogP contribution in [0.1, 0.15) is 31.2 Å². The molecule has 1 aliphatic rings. The molecule has 160 valence electrons. The number of nitrogens with one attached hydrogen (secondary N) is 2. The summed E-state index contributed by atoms with van der Waals surface area (Å²) < 4.78 is 11.2. The zero-order chi connectivity index (χ0) is 18.9. The van der Waals surface area contributed by atoms with Gasteiger partial charge < -0.3 is 20.1 Å². The average Bonchev–Trinajstić information content (AvgIpc) is 2.72. The lowest BCUT2D eigenvalue weighted by Crippen LogP contribution is -2.28. The molecule has 2 aromatic rings. The van der Waals surface area contributed by atoms with Gasteiger partial charge in [-0.15, -0.1) is 24.8 Å². The smallest absolute Gasteiger partial charge is 0.224 e. The van der Waals surface area contributed by atoms with Crippen LogP contribution in [-0.2, 0) is 11.4 Å². The van der Waals surface area contributed by atoms with Crippen molar-refractivity contribution < 1.29 is 14.3 Å². The largest absolute Gasteiger partial charge is 0.493 e. The quantitative estimate of drug-likeness (QED) is 0.640. The van der Waals surface area contributed by atoms with Crippen molar-refractivity contribution in [2.75, 3.05) is 25.5 Å². The van der Waals surface area contributed by atoms with E-state index < -0.39 is 0 Å². The van der Waals surface area contributed by atoms with Crippen LogP contribution in [-0.4, -0.2) is 31.1 Å². The molecule has 0 spiro atoms. The molecule has 1 fully saturated rings. The summed E-state index contributed by atoms with van der Waals surface area (Å²) in [6, 6.07) is 9.26. The minimum absolute atomic E-state index is 0. The Morgan fingerprint density at radius 1 is 1.14 bits per heavy atom. The highest BCUT2D eigenvalue weighted by atomic mass is 35.5. The first-order valence-corrected chi connectivity index (χ1v) is 9.45. The molecule has 0 atom stereocenters. The molecule has 8 heteroatoms. The monoisotopic (exact) mass is 441 g/mol. The molecule has 2 heterocycles. The second-order valence-electron chi connectivity index (χ2n) is 6.79. The van der Waals surface area contributed by atoms with E-state index in [9.17, 15) is 4.79 Å². The van der Waals surface area contributed by atoms with Gasteiger partial charge in [-0.1, -0.05) is 0 Å². The zero-order valence-corrected chi connectivity index (χ0v) is 18.2. The average molecular weight is 442 g/mol. The lowest BCUT2D eigenvalue weighted by atomic mass is 9.93. The SMILES string of the molecule is COc1ccc(NC(=O)CCC2CCNCC2)cc1OCc1ccncc1.Cl.Cl. The number of nitrogens with zero attached hydrogens (tertiary/aromatic N) is 1.